The van der Waals surface area contributed by atoms with Crippen LogP contribution < -0.4 is 0 Å². The van der Waals surface area contributed by atoms with Crippen molar-refractivity contribution in [3.8, 4) is 0 Å². The second-order valence-electron chi connectivity index (χ2n) is 1.000. The molecular weight excluding hydrogens is 152 g/mol. The van der Waals surface area contributed by atoms with Crippen LogP contribution in [0.5, 0.6) is 0 Å². The van der Waals surface area contributed by atoms with Crippen molar-refractivity contribution in [1.29, 1.82) is 0 Å². The first-order valence-corrected chi connectivity index (χ1v) is 1.91. The van der Waals surface area contributed by atoms with Crippen LogP contribution in [0.2, 0.25) is 0 Å². The molecule has 38 valence electrons. The standard InChI is InChI=1S/C4H10.BrH.Mg.2H/c1-3-4-2;;;;/h3-4H2,1-2H3;1H;;;/q;;+2;2*-1. The monoisotopic (exact) mass is 164 g/mol. The molecule has 0 saturated carbocycles. The molecule has 0 saturated heterocycles. The zero-order valence-electron chi connectivity index (χ0n) is 6.53. The van der Waals surface area contributed by atoms with Crippen LogP contribution in [0.3, 0.4) is 0 Å². The first-order chi connectivity index (χ1) is 1.91. The normalized spacial score (nSPS) is 5.00. The third kappa shape index (κ3) is 18.7. The molecule has 0 aliphatic carbocycles. The van der Waals surface area contributed by atoms with E-state index in [0.717, 1.165) is 0 Å². The van der Waals surface area contributed by atoms with Crippen LogP contribution in [0.1, 0.15) is 29.5 Å². The summed E-state index contributed by atoms with van der Waals surface area (Å²) < 4.78 is 0. The maximum absolute atomic E-state index is 2.18. The molecule has 0 amide bonds. The zero-order valence-corrected chi connectivity index (χ0v) is 7.66. The smallest absolute Gasteiger partial charge is 1.00 e. The predicted octanol–water partition coefficient (Wildman–Crippen LogP) is 2.23. The minimum atomic E-state index is 0. The Labute approximate surface area is 69.6 Å². The molecule has 0 nitrogen and oxygen atoms in total. The van der Waals surface area contributed by atoms with Gasteiger partial charge in [0.15, 0.2) is 0 Å². The molecule has 0 aliphatic rings. The molecule has 0 N–H and O–H groups in total. The van der Waals surface area contributed by atoms with E-state index in [1.165, 1.54) is 12.8 Å². The SMILES string of the molecule is Br.CCCC.[H-].[H-].[Mg+2]. The van der Waals surface area contributed by atoms with Gasteiger partial charge in [-0.15, -0.1) is 17.0 Å². The molecule has 0 rings (SSSR count). The summed E-state index contributed by atoms with van der Waals surface area (Å²) in [6.45, 7) is 4.36. The topological polar surface area (TPSA) is 0 Å². The first kappa shape index (κ1) is 15.7. The van der Waals surface area contributed by atoms with Crippen LogP contribution >= 0.6 is 17.0 Å². The Morgan fingerprint density at radius 2 is 1.33 bits per heavy atom. The Morgan fingerprint density at radius 3 is 1.33 bits per heavy atom. The van der Waals surface area contributed by atoms with Gasteiger partial charge in [-0.25, -0.2) is 0 Å². The minimum absolute atomic E-state index is 0. The van der Waals surface area contributed by atoms with Crippen molar-refractivity contribution in [3.05, 3.63) is 0 Å². The van der Waals surface area contributed by atoms with Crippen molar-refractivity contribution in [3.63, 3.8) is 0 Å². The molecular formula is C4H13BrMg. The second kappa shape index (κ2) is 16.3. The van der Waals surface area contributed by atoms with E-state index in [4.69, 9.17) is 0 Å². The summed E-state index contributed by atoms with van der Waals surface area (Å²) in [6.07, 6.45) is 2.64. The summed E-state index contributed by atoms with van der Waals surface area (Å²) in [5.41, 5.74) is 0. The Balaban J connectivity index is -0.00000000750. The molecule has 0 aromatic carbocycles. The summed E-state index contributed by atoms with van der Waals surface area (Å²) in [6, 6.07) is 0. The van der Waals surface area contributed by atoms with E-state index >= 15 is 0 Å². The Kier molecular flexibility index (Phi) is 42.6. The van der Waals surface area contributed by atoms with E-state index in [9.17, 15) is 0 Å². The average Bonchev–Trinajstić information content (AvgIpc) is 1.37. The summed E-state index contributed by atoms with van der Waals surface area (Å²) in [5.74, 6) is 0. The molecule has 0 bridgehead atoms. The van der Waals surface area contributed by atoms with Crippen molar-refractivity contribution >= 4 is 40.0 Å². The van der Waals surface area contributed by atoms with E-state index in [1.54, 1.807) is 0 Å². The van der Waals surface area contributed by atoms with Gasteiger partial charge >= 0.3 is 23.1 Å². The fourth-order valence-corrected chi connectivity index (χ4v) is 0. The van der Waals surface area contributed by atoms with E-state index in [-0.39, 0.29) is 42.9 Å². The van der Waals surface area contributed by atoms with Gasteiger partial charge in [-0.3, -0.25) is 0 Å². The maximum atomic E-state index is 2.18. The molecule has 0 unspecified atom stereocenters. The van der Waals surface area contributed by atoms with Gasteiger partial charge in [0.2, 0.25) is 0 Å². The first-order valence-electron chi connectivity index (χ1n) is 1.91. The molecule has 2 heteroatoms. The van der Waals surface area contributed by atoms with Crippen molar-refractivity contribution in [1.82, 2.24) is 0 Å². The van der Waals surface area contributed by atoms with Crippen LogP contribution in [0.4, 0.5) is 0 Å². The number of halogens is 1. The number of hydrogen-bond acceptors (Lipinski definition) is 0. The van der Waals surface area contributed by atoms with Gasteiger partial charge in [0.05, 0.1) is 0 Å². The fourth-order valence-electron chi connectivity index (χ4n) is 0. The van der Waals surface area contributed by atoms with Gasteiger partial charge in [-0.1, -0.05) is 26.7 Å². The van der Waals surface area contributed by atoms with Crippen molar-refractivity contribution in [2.45, 2.75) is 26.7 Å². The molecule has 0 heterocycles. The van der Waals surface area contributed by atoms with Gasteiger partial charge in [0.1, 0.15) is 0 Å². The molecule has 0 aromatic rings. The molecule has 0 spiro atoms. The predicted molar refractivity (Wildman–Crippen MR) is 38.9 cm³/mol. The van der Waals surface area contributed by atoms with E-state index in [1.807, 2.05) is 0 Å². The molecule has 0 aromatic heterocycles. The van der Waals surface area contributed by atoms with Gasteiger partial charge in [0.25, 0.3) is 0 Å². The van der Waals surface area contributed by atoms with E-state index < -0.39 is 0 Å². The molecule has 6 heavy (non-hydrogen) atoms. The quantitative estimate of drug-likeness (QED) is 0.523. The Morgan fingerprint density at radius 1 is 1.17 bits per heavy atom. The zero-order chi connectivity index (χ0) is 3.41. The summed E-state index contributed by atoms with van der Waals surface area (Å²) in [7, 11) is 0. The Hall–Kier alpha value is 1.25. The molecule has 0 radical (unpaired) electrons. The second-order valence-corrected chi connectivity index (χ2v) is 1.000. The minimum Gasteiger partial charge on any atom is -1.00 e. The fraction of sp³-hybridized carbons (Fsp3) is 1.00. The average molecular weight is 165 g/mol. The van der Waals surface area contributed by atoms with Crippen molar-refractivity contribution in [2.24, 2.45) is 0 Å². The number of unbranched alkanes of at least 4 members (excludes halogenated alkanes) is 1. The van der Waals surface area contributed by atoms with Gasteiger partial charge in [-0.05, 0) is 0 Å². The van der Waals surface area contributed by atoms with Crippen LogP contribution in [0.15, 0.2) is 0 Å². The third-order valence-electron chi connectivity index (χ3n) is 0.500. The maximum Gasteiger partial charge on any atom is 2.00 e. The van der Waals surface area contributed by atoms with Crippen LogP contribution in [-0.4, -0.2) is 23.1 Å². The largest absolute Gasteiger partial charge is 2.00 e. The van der Waals surface area contributed by atoms with Crippen LogP contribution in [-0.2, 0) is 0 Å². The van der Waals surface area contributed by atoms with Gasteiger partial charge < -0.3 is 2.85 Å². The van der Waals surface area contributed by atoms with Crippen LogP contribution in [0.25, 0.3) is 0 Å². The van der Waals surface area contributed by atoms with Crippen molar-refractivity contribution < 1.29 is 2.85 Å². The molecule has 0 aliphatic heterocycles. The summed E-state index contributed by atoms with van der Waals surface area (Å²) >= 11 is 0. The summed E-state index contributed by atoms with van der Waals surface area (Å²) in [4.78, 5) is 0. The molecule has 0 atom stereocenters. The molecule has 0 fully saturated rings. The van der Waals surface area contributed by atoms with Gasteiger partial charge in [-0.2, -0.15) is 0 Å². The van der Waals surface area contributed by atoms with Gasteiger partial charge in [0, 0.05) is 0 Å². The third-order valence-corrected chi connectivity index (χ3v) is 0.500. The number of hydrogen-bond donors (Lipinski definition) is 0. The number of rotatable bonds is 1. The van der Waals surface area contributed by atoms with Crippen molar-refractivity contribution in [2.75, 3.05) is 0 Å². The van der Waals surface area contributed by atoms with E-state index in [2.05, 4.69) is 13.8 Å². The van der Waals surface area contributed by atoms with E-state index in [0.29, 0.717) is 0 Å². The van der Waals surface area contributed by atoms with Crippen LogP contribution in [0, 0.1) is 0 Å². The Bertz CT molecular complexity index is 16.0. The summed E-state index contributed by atoms with van der Waals surface area (Å²) in [5, 5.41) is 0.